The van der Waals surface area contributed by atoms with Crippen LogP contribution in [0, 0.1) is 0 Å². The summed E-state index contributed by atoms with van der Waals surface area (Å²) in [4.78, 5) is 30.3. The van der Waals surface area contributed by atoms with Crippen LogP contribution in [-0.4, -0.2) is 23.8 Å². The van der Waals surface area contributed by atoms with Gasteiger partial charge in [0.1, 0.15) is 0 Å². The standard InChI is InChI=1S/C27H30N2O3/c1-16-23(26(31)32-5)24(18-10-12-28-13-11-18)25-21(29-16)14-19(15-22(25)30)17-6-8-20(9-7-17)27(2,3)4/h6-13,19,24,29H,14-15H2,1-5H3. The van der Waals surface area contributed by atoms with Crippen molar-refractivity contribution < 1.29 is 14.3 Å². The summed E-state index contributed by atoms with van der Waals surface area (Å²) in [6, 6.07) is 12.4. The van der Waals surface area contributed by atoms with Gasteiger partial charge in [0.15, 0.2) is 5.78 Å². The fourth-order valence-corrected chi connectivity index (χ4v) is 4.80. The Bertz CT molecular complexity index is 1110. The summed E-state index contributed by atoms with van der Waals surface area (Å²) in [5.41, 5.74) is 6.19. The number of Topliss-reactive ketones (excluding diaryl/α,β-unsaturated/α-hetero) is 1. The number of carbonyl (C=O) groups is 2. The second-order valence-electron chi connectivity index (χ2n) is 9.66. The summed E-state index contributed by atoms with van der Waals surface area (Å²) in [7, 11) is 1.37. The van der Waals surface area contributed by atoms with Crippen LogP contribution in [0.4, 0.5) is 0 Å². The molecule has 0 amide bonds. The molecule has 0 fully saturated rings. The molecular weight excluding hydrogens is 400 g/mol. The van der Waals surface area contributed by atoms with Crippen LogP contribution in [0.2, 0.25) is 0 Å². The Labute approximate surface area is 189 Å². The lowest BCUT2D eigenvalue weighted by molar-refractivity contribution is -0.136. The number of carbonyl (C=O) groups excluding carboxylic acids is 2. The van der Waals surface area contributed by atoms with E-state index in [4.69, 9.17) is 4.74 Å². The summed E-state index contributed by atoms with van der Waals surface area (Å²) < 4.78 is 5.07. The molecule has 1 aliphatic heterocycles. The average molecular weight is 431 g/mol. The number of nitrogens with zero attached hydrogens (tertiary/aromatic N) is 1. The van der Waals surface area contributed by atoms with Crippen LogP contribution < -0.4 is 5.32 Å². The first-order valence-corrected chi connectivity index (χ1v) is 11.0. The highest BCUT2D eigenvalue weighted by molar-refractivity contribution is 6.04. The number of ether oxygens (including phenoxy) is 1. The first-order chi connectivity index (χ1) is 15.2. The van der Waals surface area contributed by atoms with Gasteiger partial charge in [-0.05, 0) is 53.5 Å². The molecule has 2 atom stereocenters. The number of hydrogen-bond donors (Lipinski definition) is 1. The summed E-state index contributed by atoms with van der Waals surface area (Å²) >= 11 is 0. The summed E-state index contributed by atoms with van der Waals surface area (Å²) in [6.45, 7) is 8.46. The molecule has 0 saturated heterocycles. The van der Waals surface area contributed by atoms with Crippen molar-refractivity contribution >= 4 is 11.8 Å². The smallest absolute Gasteiger partial charge is 0.336 e. The number of dihydropyridines is 1. The Hall–Kier alpha value is -3.21. The first-order valence-electron chi connectivity index (χ1n) is 11.0. The van der Waals surface area contributed by atoms with Crippen molar-refractivity contribution in [3.63, 3.8) is 0 Å². The molecule has 1 aliphatic carbocycles. The number of methoxy groups -OCH3 is 1. The first kappa shape index (κ1) is 22.0. The maximum Gasteiger partial charge on any atom is 0.336 e. The van der Waals surface area contributed by atoms with Gasteiger partial charge in [-0.3, -0.25) is 9.78 Å². The number of aromatic nitrogens is 1. The molecule has 4 rings (SSSR count). The van der Waals surface area contributed by atoms with Gasteiger partial charge in [-0.1, -0.05) is 45.0 Å². The highest BCUT2D eigenvalue weighted by atomic mass is 16.5. The molecule has 0 radical (unpaired) electrons. The van der Waals surface area contributed by atoms with Gasteiger partial charge in [-0.2, -0.15) is 0 Å². The minimum atomic E-state index is -0.446. The van der Waals surface area contributed by atoms with E-state index in [1.807, 2.05) is 19.1 Å². The van der Waals surface area contributed by atoms with Crippen LogP contribution in [0.25, 0.3) is 0 Å². The molecular formula is C27H30N2O3. The topological polar surface area (TPSA) is 68.3 Å². The fourth-order valence-electron chi connectivity index (χ4n) is 4.80. The van der Waals surface area contributed by atoms with E-state index < -0.39 is 11.9 Å². The Balaban J connectivity index is 1.73. The zero-order valence-corrected chi connectivity index (χ0v) is 19.4. The number of ketones is 1. The number of benzene rings is 1. The van der Waals surface area contributed by atoms with Crippen LogP contribution >= 0.6 is 0 Å². The van der Waals surface area contributed by atoms with Crippen molar-refractivity contribution in [2.45, 2.75) is 57.8 Å². The van der Waals surface area contributed by atoms with Crippen LogP contribution in [-0.2, 0) is 19.7 Å². The molecule has 0 saturated carbocycles. The van der Waals surface area contributed by atoms with Crippen LogP contribution in [0.1, 0.15) is 69.1 Å². The van der Waals surface area contributed by atoms with Crippen LogP contribution in [0.5, 0.6) is 0 Å². The third-order valence-corrected chi connectivity index (χ3v) is 6.52. The average Bonchev–Trinajstić information content (AvgIpc) is 2.77. The van der Waals surface area contributed by atoms with Crippen molar-refractivity contribution in [3.8, 4) is 0 Å². The van der Waals surface area contributed by atoms with Gasteiger partial charge >= 0.3 is 5.97 Å². The molecule has 5 nitrogen and oxygen atoms in total. The highest BCUT2D eigenvalue weighted by Crippen LogP contribution is 2.45. The maximum atomic E-state index is 13.5. The second-order valence-corrected chi connectivity index (χ2v) is 9.66. The largest absolute Gasteiger partial charge is 0.466 e. The van der Waals surface area contributed by atoms with Gasteiger partial charge < -0.3 is 10.1 Å². The Morgan fingerprint density at radius 1 is 1.03 bits per heavy atom. The molecule has 2 aromatic rings. The summed E-state index contributed by atoms with van der Waals surface area (Å²) in [5, 5.41) is 3.37. The lowest BCUT2D eigenvalue weighted by Crippen LogP contribution is -2.36. The molecule has 2 heterocycles. The number of allylic oxidation sites excluding steroid dienone is 3. The Morgan fingerprint density at radius 3 is 2.28 bits per heavy atom. The molecule has 0 bridgehead atoms. The summed E-state index contributed by atoms with van der Waals surface area (Å²) in [5.74, 6) is -0.692. The number of esters is 1. The minimum absolute atomic E-state index is 0.0689. The number of pyridine rings is 1. The quantitative estimate of drug-likeness (QED) is 0.701. The molecule has 1 aromatic heterocycles. The zero-order valence-electron chi connectivity index (χ0n) is 19.4. The van der Waals surface area contributed by atoms with Crippen molar-refractivity contribution in [2.75, 3.05) is 7.11 Å². The zero-order chi connectivity index (χ0) is 23.0. The SMILES string of the molecule is COC(=O)C1=C(C)NC2=C(C(=O)CC(c3ccc(C(C)(C)C)cc3)C2)C1c1ccncc1. The van der Waals surface area contributed by atoms with Crippen molar-refractivity contribution in [3.05, 3.63) is 88.0 Å². The van der Waals surface area contributed by atoms with E-state index in [0.29, 0.717) is 17.6 Å². The third-order valence-electron chi connectivity index (χ3n) is 6.52. The van der Waals surface area contributed by atoms with Gasteiger partial charge in [-0.15, -0.1) is 0 Å². The number of nitrogens with one attached hydrogen (secondary N) is 1. The lowest BCUT2D eigenvalue weighted by atomic mass is 9.71. The lowest BCUT2D eigenvalue weighted by Gasteiger charge is -2.36. The highest BCUT2D eigenvalue weighted by Gasteiger charge is 2.41. The molecule has 2 aliphatic rings. The van der Waals surface area contributed by atoms with Gasteiger partial charge in [0.05, 0.1) is 12.7 Å². The normalized spacial score (nSPS) is 21.2. The van der Waals surface area contributed by atoms with Crippen molar-refractivity contribution in [2.24, 2.45) is 0 Å². The van der Waals surface area contributed by atoms with Crippen LogP contribution in [0.15, 0.2) is 71.3 Å². The van der Waals surface area contributed by atoms with Gasteiger partial charge in [0.2, 0.25) is 0 Å². The Kier molecular flexibility index (Phi) is 5.76. The maximum absolute atomic E-state index is 13.5. The molecule has 2 unspecified atom stereocenters. The molecule has 5 heteroatoms. The van der Waals surface area contributed by atoms with E-state index in [9.17, 15) is 9.59 Å². The second kappa shape index (κ2) is 8.38. The monoisotopic (exact) mass is 430 g/mol. The predicted molar refractivity (Wildman–Crippen MR) is 124 cm³/mol. The van der Waals surface area contributed by atoms with E-state index in [0.717, 1.165) is 23.4 Å². The van der Waals surface area contributed by atoms with Gasteiger partial charge in [0, 0.05) is 41.7 Å². The van der Waals surface area contributed by atoms with E-state index in [-0.39, 0.29) is 17.1 Å². The van der Waals surface area contributed by atoms with E-state index in [1.54, 1.807) is 12.4 Å². The van der Waals surface area contributed by atoms with Crippen molar-refractivity contribution in [1.29, 1.82) is 0 Å². The van der Waals surface area contributed by atoms with Crippen molar-refractivity contribution in [1.82, 2.24) is 10.3 Å². The molecule has 166 valence electrons. The van der Waals surface area contributed by atoms with E-state index in [1.165, 1.54) is 18.2 Å². The van der Waals surface area contributed by atoms with E-state index >= 15 is 0 Å². The molecule has 1 aromatic carbocycles. The van der Waals surface area contributed by atoms with Gasteiger partial charge in [-0.25, -0.2) is 4.79 Å². The number of rotatable bonds is 3. The minimum Gasteiger partial charge on any atom is -0.466 e. The van der Waals surface area contributed by atoms with Crippen LogP contribution in [0.3, 0.4) is 0 Å². The molecule has 1 N–H and O–H groups in total. The third kappa shape index (κ3) is 3.99. The fraction of sp³-hybridized carbons (Fsp3) is 0.370. The Morgan fingerprint density at radius 2 is 1.69 bits per heavy atom. The predicted octanol–water partition coefficient (Wildman–Crippen LogP) is 4.91. The van der Waals surface area contributed by atoms with E-state index in [2.05, 4.69) is 55.3 Å². The summed E-state index contributed by atoms with van der Waals surface area (Å²) in [6.07, 6.45) is 4.53. The number of hydrogen-bond acceptors (Lipinski definition) is 5. The molecule has 0 spiro atoms. The van der Waals surface area contributed by atoms with Gasteiger partial charge in [0.25, 0.3) is 0 Å². The molecule has 32 heavy (non-hydrogen) atoms.